The first-order valence-corrected chi connectivity index (χ1v) is 7.47. The summed E-state index contributed by atoms with van der Waals surface area (Å²) in [6.45, 7) is 5.57. The molecule has 2 heterocycles. The Hall–Kier alpha value is 0.0700. The molecule has 15 heavy (non-hydrogen) atoms. The molecule has 1 fully saturated rings. The Morgan fingerprint density at radius 1 is 1.53 bits per heavy atom. The summed E-state index contributed by atoms with van der Waals surface area (Å²) in [5, 5.41) is 4.53. The van der Waals surface area contributed by atoms with Gasteiger partial charge in [-0.25, -0.2) is 4.98 Å². The second-order valence-corrected chi connectivity index (χ2v) is 5.94. The van der Waals surface area contributed by atoms with Gasteiger partial charge in [-0.2, -0.15) is 0 Å². The third-order valence-corrected chi connectivity index (χ3v) is 4.72. The highest BCUT2D eigenvalue weighted by atomic mass is 79.9. The van der Waals surface area contributed by atoms with Crippen LogP contribution >= 0.6 is 27.3 Å². The van der Waals surface area contributed by atoms with Crippen molar-refractivity contribution in [3.63, 3.8) is 0 Å². The summed E-state index contributed by atoms with van der Waals surface area (Å²) in [5.41, 5.74) is 1.25. The zero-order valence-corrected chi connectivity index (χ0v) is 11.5. The third-order valence-electron chi connectivity index (χ3n) is 2.98. The van der Waals surface area contributed by atoms with Gasteiger partial charge in [0.05, 0.1) is 10.7 Å². The minimum absolute atomic E-state index is 0.887. The van der Waals surface area contributed by atoms with Crippen LogP contribution < -0.4 is 0 Å². The minimum atomic E-state index is 0.887. The first-order valence-electron chi connectivity index (χ1n) is 5.47. The fourth-order valence-electron chi connectivity index (χ4n) is 2.01. The number of halogens is 1. The van der Waals surface area contributed by atoms with E-state index in [0.29, 0.717) is 0 Å². The maximum Gasteiger partial charge on any atom is 0.0897 e. The van der Waals surface area contributed by atoms with E-state index in [1.54, 1.807) is 11.3 Å². The molecule has 1 aromatic rings. The third kappa shape index (κ3) is 3.26. The van der Waals surface area contributed by atoms with Crippen LogP contribution in [0.2, 0.25) is 0 Å². The second kappa shape index (κ2) is 5.41. The molecule has 1 saturated heterocycles. The summed E-state index contributed by atoms with van der Waals surface area (Å²) in [7, 11) is 0. The smallest absolute Gasteiger partial charge is 0.0897 e. The molecular weight excluding hydrogens is 272 g/mol. The lowest BCUT2D eigenvalue weighted by molar-refractivity contribution is 0.186. The first kappa shape index (κ1) is 11.6. The van der Waals surface area contributed by atoms with Gasteiger partial charge in [0.15, 0.2) is 0 Å². The molecule has 2 rings (SSSR count). The molecule has 0 atom stereocenters. The van der Waals surface area contributed by atoms with Crippen LogP contribution in [0, 0.1) is 12.8 Å². The van der Waals surface area contributed by atoms with Crippen LogP contribution in [0.25, 0.3) is 0 Å². The van der Waals surface area contributed by atoms with Crippen molar-refractivity contribution in [3.05, 3.63) is 16.1 Å². The monoisotopic (exact) mass is 288 g/mol. The number of piperidine rings is 1. The lowest BCUT2D eigenvalue weighted by Gasteiger charge is -2.30. The molecule has 0 bridgehead atoms. The van der Waals surface area contributed by atoms with Gasteiger partial charge >= 0.3 is 0 Å². The van der Waals surface area contributed by atoms with Gasteiger partial charge in [0.25, 0.3) is 0 Å². The number of aromatic nitrogens is 1. The summed E-state index contributed by atoms with van der Waals surface area (Å²) >= 11 is 5.32. The molecule has 0 aromatic carbocycles. The predicted molar refractivity (Wildman–Crippen MR) is 68.6 cm³/mol. The van der Waals surface area contributed by atoms with Crippen LogP contribution in [0.4, 0.5) is 0 Å². The lowest BCUT2D eigenvalue weighted by atomic mass is 9.99. The Bertz CT molecular complexity index is 305. The zero-order chi connectivity index (χ0) is 10.7. The van der Waals surface area contributed by atoms with Crippen molar-refractivity contribution in [1.82, 2.24) is 9.88 Å². The van der Waals surface area contributed by atoms with Crippen molar-refractivity contribution >= 4 is 27.3 Å². The molecule has 0 N–H and O–H groups in total. The summed E-state index contributed by atoms with van der Waals surface area (Å²) < 4.78 is 0. The Balaban J connectivity index is 1.82. The number of thiazole rings is 1. The summed E-state index contributed by atoms with van der Waals surface area (Å²) in [6, 6.07) is 0. The highest BCUT2D eigenvalue weighted by molar-refractivity contribution is 9.09. The van der Waals surface area contributed by atoms with Gasteiger partial charge in [-0.1, -0.05) is 15.9 Å². The number of alkyl halides is 1. The maximum atomic E-state index is 4.51. The van der Waals surface area contributed by atoms with E-state index in [0.717, 1.165) is 17.8 Å². The van der Waals surface area contributed by atoms with E-state index in [-0.39, 0.29) is 0 Å². The van der Waals surface area contributed by atoms with E-state index in [1.165, 1.54) is 36.6 Å². The van der Waals surface area contributed by atoms with Crippen molar-refractivity contribution in [1.29, 1.82) is 0 Å². The molecule has 0 saturated carbocycles. The Morgan fingerprint density at radius 3 is 2.80 bits per heavy atom. The van der Waals surface area contributed by atoms with E-state index in [1.807, 2.05) is 0 Å². The van der Waals surface area contributed by atoms with Gasteiger partial charge in [-0.3, -0.25) is 4.90 Å². The standard InChI is InChI=1S/C11H17BrN2S/c1-9-13-11(8-15-9)7-14-4-2-10(6-12)3-5-14/h8,10H,2-7H2,1H3. The fourth-order valence-corrected chi connectivity index (χ4v) is 3.26. The van der Waals surface area contributed by atoms with Gasteiger partial charge in [0.1, 0.15) is 0 Å². The maximum absolute atomic E-state index is 4.51. The van der Waals surface area contributed by atoms with E-state index in [9.17, 15) is 0 Å². The number of aryl methyl sites for hydroxylation is 1. The van der Waals surface area contributed by atoms with Crippen LogP contribution in [0.1, 0.15) is 23.5 Å². The van der Waals surface area contributed by atoms with Crippen LogP contribution in [0.3, 0.4) is 0 Å². The van der Waals surface area contributed by atoms with Gasteiger partial charge in [-0.15, -0.1) is 11.3 Å². The van der Waals surface area contributed by atoms with Gasteiger partial charge < -0.3 is 0 Å². The Labute approximate surface area is 104 Å². The molecule has 84 valence electrons. The van der Waals surface area contributed by atoms with Gasteiger partial charge in [0.2, 0.25) is 0 Å². The molecule has 0 spiro atoms. The molecule has 1 aromatic heterocycles. The topological polar surface area (TPSA) is 16.1 Å². The lowest BCUT2D eigenvalue weighted by Crippen LogP contribution is -2.33. The van der Waals surface area contributed by atoms with E-state index >= 15 is 0 Å². The van der Waals surface area contributed by atoms with Crippen molar-refractivity contribution in [2.24, 2.45) is 5.92 Å². The SMILES string of the molecule is Cc1nc(CN2CCC(CBr)CC2)cs1. The largest absolute Gasteiger partial charge is 0.297 e. The molecule has 4 heteroatoms. The highest BCUT2D eigenvalue weighted by Gasteiger charge is 2.18. The second-order valence-electron chi connectivity index (χ2n) is 4.23. The summed E-state index contributed by atoms with van der Waals surface area (Å²) in [5.74, 6) is 0.887. The van der Waals surface area contributed by atoms with E-state index < -0.39 is 0 Å². The normalized spacial score (nSPS) is 19.6. The van der Waals surface area contributed by atoms with Crippen molar-refractivity contribution in [3.8, 4) is 0 Å². The highest BCUT2D eigenvalue weighted by Crippen LogP contribution is 2.20. The van der Waals surface area contributed by atoms with Gasteiger partial charge in [0, 0.05) is 17.3 Å². The Kier molecular flexibility index (Phi) is 4.17. The molecule has 1 aliphatic rings. The number of nitrogens with zero attached hydrogens (tertiary/aromatic N) is 2. The van der Waals surface area contributed by atoms with Crippen LogP contribution in [-0.4, -0.2) is 28.3 Å². The zero-order valence-electron chi connectivity index (χ0n) is 9.08. The number of likely N-dealkylation sites (tertiary alicyclic amines) is 1. The van der Waals surface area contributed by atoms with Crippen molar-refractivity contribution < 1.29 is 0 Å². The average Bonchev–Trinajstić information content (AvgIpc) is 2.65. The quantitative estimate of drug-likeness (QED) is 0.795. The number of rotatable bonds is 3. The predicted octanol–water partition coefficient (Wildman–Crippen LogP) is 3.06. The number of hydrogen-bond donors (Lipinski definition) is 0. The van der Waals surface area contributed by atoms with E-state index in [4.69, 9.17) is 0 Å². The van der Waals surface area contributed by atoms with E-state index in [2.05, 4.69) is 38.1 Å². The molecule has 1 aliphatic heterocycles. The minimum Gasteiger partial charge on any atom is -0.297 e. The molecule has 0 amide bonds. The molecule has 0 unspecified atom stereocenters. The molecule has 2 nitrogen and oxygen atoms in total. The summed E-state index contributed by atoms with van der Waals surface area (Å²) in [4.78, 5) is 7.03. The molecule has 0 radical (unpaired) electrons. The van der Waals surface area contributed by atoms with Gasteiger partial charge in [-0.05, 0) is 38.8 Å². The first-order chi connectivity index (χ1) is 7.28. The van der Waals surface area contributed by atoms with Crippen molar-refractivity contribution in [2.75, 3.05) is 18.4 Å². The Morgan fingerprint density at radius 2 is 2.27 bits per heavy atom. The summed E-state index contributed by atoms with van der Waals surface area (Å²) in [6.07, 6.45) is 2.66. The van der Waals surface area contributed by atoms with Crippen LogP contribution in [0.15, 0.2) is 5.38 Å². The molecular formula is C11H17BrN2S. The average molecular weight is 289 g/mol. The van der Waals surface area contributed by atoms with Crippen LogP contribution in [0.5, 0.6) is 0 Å². The molecule has 0 aliphatic carbocycles. The van der Waals surface area contributed by atoms with Crippen molar-refractivity contribution in [2.45, 2.75) is 26.3 Å². The number of hydrogen-bond acceptors (Lipinski definition) is 3. The van der Waals surface area contributed by atoms with Crippen LogP contribution in [-0.2, 0) is 6.54 Å². The fraction of sp³-hybridized carbons (Fsp3) is 0.727.